The van der Waals surface area contributed by atoms with Gasteiger partial charge in [0.2, 0.25) is 0 Å². The largest absolute Gasteiger partial charge is 0.477 e. The van der Waals surface area contributed by atoms with Crippen molar-refractivity contribution >= 4 is 46.5 Å². The third-order valence-corrected chi connectivity index (χ3v) is 3.78. The number of hydrogen-bond acceptors (Lipinski definition) is 6. The molecule has 2 aromatic carbocycles. The van der Waals surface area contributed by atoms with E-state index in [9.17, 15) is 19.7 Å². The first kappa shape index (κ1) is 20.5. The van der Waals surface area contributed by atoms with Crippen molar-refractivity contribution in [3.63, 3.8) is 0 Å². The average molecular weight is 413 g/mol. The molecule has 8 nitrogen and oxygen atoms in total. The smallest absolute Gasteiger partial charge is 0.347 e. The molecule has 0 saturated carbocycles. The molecule has 0 aromatic heterocycles. The van der Waals surface area contributed by atoms with E-state index >= 15 is 0 Å². The molecular weight excluding hydrogens is 399 g/mol. The molecule has 0 spiro atoms. The van der Waals surface area contributed by atoms with Crippen molar-refractivity contribution in [3.8, 4) is 5.75 Å². The molecule has 0 bridgehead atoms. The number of halogens is 2. The lowest BCUT2D eigenvalue weighted by Gasteiger charge is -2.15. The van der Waals surface area contributed by atoms with Crippen molar-refractivity contribution in [3.05, 3.63) is 62.6 Å². The van der Waals surface area contributed by atoms with Crippen LogP contribution < -0.4 is 10.1 Å². The molecule has 0 saturated heterocycles. The predicted molar refractivity (Wildman–Crippen MR) is 99.2 cm³/mol. The number of para-hydroxylation sites is 2. The highest BCUT2D eigenvalue weighted by Crippen LogP contribution is 2.28. The van der Waals surface area contributed by atoms with E-state index in [0.717, 1.165) is 0 Å². The molecule has 0 aliphatic rings. The Morgan fingerprint density at radius 2 is 1.93 bits per heavy atom. The lowest BCUT2D eigenvalue weighted by atomic mass is 10.2. The number of ether oxygens (including phenoxy) is 2. The van der Waals surface area contributed by atoms with Gasteiger partial charge in [0, 0.05) is 11.1 Å². The molecule has 1 amide bonds. The number of carbonyl (C=O) groups excluding carboxylic acids is 2. The van der Waals surface area contributed by atoms with Gasteiger partial charge in [0.1, 0.15) is 11.4 Å². The first-order valence-corrected chi connectivity index (χ1v) is 8.35. The number of carbonyl (C=O) groups is 2. The van der Waals surface area contributed by atoms with Crippen LogP contribution in [0, 0.1) is 10.1 Å². The minimum Gasteiger partial charge on any atom is -0.477 e. The summed E-state index contributed by atoms with van der Waals surface area (Å²) in [4.78, 5) is 34.1. The van der Waals surface area contributed by atoms with Crippen LogP contribution in [0.5, 0.6) is 5.75 Å². The van der Waals surface area contributed by atoms with Gasteiger partial charge < -0.3 is 14.8 Å². The van der Waals surface area contributed by atoms with Crippen LogP contribution in [-0.2, 0) is 14.3 Å². The number of nitro groups is 1. The minimum absolute atomic E-state index is 0.000735. The van der Waals surface area contributed by atoms with Crippen molar-refractivity contribution in [1.29, 1.82) is 0 Å². The van der Waals surface area contributed by atoms with E-state index in [1.54, 1.807) is 6.07 Å². The van der Waals surface area contributed by atoms with Gasteiger partial charge in [-0.3, -0.25) is 14.9 Å². The Morgan fingerprint density at radius 1 is 1.22 bits per heavy atom. The molecule has 0 heterocycles. The quantitative estimate of drug-likeness (QED) is 0.420. The van der Waals surface area contributed by atoms with Crippen molar-refractivity contribution < 1.29 is 24.0 Å². The number of nitrogens with one attached hydrogen (secondary N) is 1. The van der Waals surface area contributed by atoms with Crippen molar-refractivity contribution in [2.24, 2.45) is 0 Å². The fourth-order valence-electron chi connectivity index (χ4n) is 1.99. The van der Waals surface area contributed by atoms with Crippen LogP contribution in [0.3, 0.4) is 0 Å². The molecule has 1 atom stereocenters. The van der Waals surface area contributed by atoms with E-state index in [2.05, 4.69) is 5.32 Å². The van der Waals surface area contributed by atoms with Crippen LogP contribution in [0.1, 0.15) is 6.92 Å². The Kier molecular flexibility index (Phi) is 6.98. The zero-order valence-electron chi connectivity index (χ0n) is 14.0. The summed E-state index contributed by atoms with van der Waals surface area (Å²) in [6.45, 7) is 0.792. The Morgan fingerprint density at radius 3 is 2.59 bits per heavy atom. The molecule has 1 N–H and O–H groups in total. The second kappa shape index (κ2) is 9.20. The van der Waals surface area contributed by atoms with Crippen LogP contribution in [0.25, 0.3) is 0 Å². The van der Waals surface area contributed by atoms with E-state index in [1.165, 1.54) is 43.3 Å². The fraction of sp³-hybridized carbons (Fsp3) is 0.176. The van der Waals surface area contributed by atoms with Gasteiger partial charge >= 0.3 is 5.97 Å². The van der Waals surface area contributed by atoms with Crippen LogP contribution in [0.4, 0.5) is 11.4 Å². The topological polar surface area (TPSA) is 108 Å². The number of hydrogen-bond donors (Lipinski definition) is 1. The first-order chi connectivity index (χ1) is 12.8. The molecule has 27 heavy (non-hydrogen) atoms. The number of benzene rings is 2. The number of anilines is 1. The van der Waals surface area contributed by atoms with Gasteiger partial charge in [0.25, 0.3) is 11.6 Å². The minimum atomic E-state index is -1.04. The van der Waals surface area contributed by atoms with E-state index in [-0.39, 0.29) is 22.1 Å². The SMILES string of the molecule is C[C@@H](Oc1ccc(Cl)cc1Cl)C(=O)OCC(=O)Nc1ccccc1[N+](=O)[O-]. The summed E-state index contributed by atoms with van der Waals surface area (Å²) in [6, 6.07) is 10.1. The summed E-state index contributed by atoms with van der Waals surface area (Å²) in [5.74, 6) is -1.30. The lowest BCUT2D eigenvalue weighted by molar-refractivity contribution is -0.383. The predicted octanol–water partition coefficient (Wildman–Crippen LogP) is 3.85. The number of nitrogens with zero attached hydrogens (tertiary/aromatic N) is 1. The maximum absolute atomic E-state index is 12.0. The Hall–Kier alpha value is -2.84. The second-order valence-corrected chi connectivity index (χ2v) is 6.11. The number of amides is 1. The lowest BCUT2D eigenvalue weighted by Crippen LogP contribution is -2.30. The van der Waals surface area contributed by atoms with E-state index in [0.29, 0.717) is 5.02 Å². The third kappa shape index (κ3) is 5.83. The molecule has 0 aliphatic carbocycles. The summed E-state index contributed by atoms with van der Waals surface area (Å²) >= 11 is 11.7. The molecule has 10 heteroatoms. The van der Waals surface area contributed by atoms with Gasteiger partial charge in [0.15, 0.2) is 12.7 Å². The monoisotopic (exact) mass is 412 g/mol. The zero-order chi connectivity index (χ0) is 20.0. The fourth-order valence-corrected chi connectivity index (χ4v) is 2.44. The molecule has 2 rings (SSSR count). The van der Waals surface area contributed by atoms with Crippen LogP contribution in [-0.4, -0.2) is 29.5 Å². The molecule has 0 aliphatic heterocycles. The van der Waals surface area contributed by atoms with E-state index < -0.39 is 29.5 Å². The standard InChI is InChI=1S/C17H14Cl2N2O6/c1-10(27-15-7-6-11(18)8-12(15)19)17(23)26-9-16(22)20-13-4-2-3-5-14(13)21(24)25/h2-8,10H,9H2,1H3,(H,20,22)/t10-/m1/s1. The molecule has 0 unspecified atom stereocenters. The van der Waals surface area contributed by atoms with Crippen LogP contribution >= 0.6 is 23.2 Å². The Balaban J connectivity index is 1.89. The zero-order valence-corrected chi connectivity index (χ0v) is 15.5. The summed E-state index contributed by atoms with van der Waals surface area (Å²) in [5.41, 5.74) is -0.271. The molecule has 142 valence electrons. The second-order valence-electron chi connectivity index (χ2n) is 5.26. The van der Waals surface area contributed by atoms with Gasteiger partial charge in [-0.25, -0.2) is 4.79 Å². The van der Waals surface area contributed by atoms with Gasteiger partial charge in [-0.2, -0.15) is 0 Å². The Bertz CT molecular complexity index is 874. The molecule has 0 fully saturated rings. The van der Waals surface area contributed by atoms with Crippen molar-refractivity contribution in [2.75, 3.05) is 11.9 Å². The highest BCUT2D eigenvalue weighted by molar-refractivity contribution is 6.35. The van der Waals surface area contributed by atoms with Crippen LogP contribution in [0.2, 0.25) is 10.0 Å². The van der Waals surface area contributed by atoms with Crippen LogP contribution in [0.15, 0.2) is 42.5 Å². The van der Waals surface area contributed by atoms with Crippen molar-refractivity contribution in [1.82, 2.24) is 0 Å². The maximum atomic E-state index is 12.0. The maximum Gasteiger partial charge on any atom is 0.347 e. The normalized spacial score (nSPS) is 11.4. The van der Waals surface area contributed by atoms with E-state index in [4.69, 9.17) is 32.7 Å². The summed E-state index contributed by atoms with van der Waals surface area (Å²) in [6.07, 6.45) is -1.04. The molecular formula is C17H14Cl2N2O6. The van der Waals surface area contributed by atoms with Gasteiger partial charge in [-0.15, -0.1) is 0 Å². The number of esters is 1. The van der Waals surface area contributed by atoms with E-state index in [1.807, 2.05) is 0 Å². The van der Waals surface area contributed by atoms with Gasteiger partial charge in [-0.1, -0.05) is 35.3 Å². The highest BCUT2D eigenvalue weighted by Gasteiger charge is 2.20. The number of rotatable bonds is 7. The molecule has 2 aromatic rings. The van der Waals surface area contributed by atoms with Gasteiger partial charge in [0.05, 0.1) is 9.95 Å². The summed E-state index contributed by atoms with van der Waals surface area (Å²) in [7, 11) is 0. The summed E-state index contributed by atoms with van der Waals surface area (Å²) < 4.78 is 10.2. The highest BCUT2D eigenvalue weighted by atomic mass is 35.5. The third-order valence-electron chi connectivity index (χ3n) is 3.25. The van der Waals surface area contributed by atoms with Crippen molar-refractivity contribution in [2.45, 2.75) is 13.0 Å². The molecule has 0 radical (unpaired) electrons. The first-order valence-electron chi connectivity index (χ1n) is 7.59. The van der Waals surface area contributed by atoms with Gasteiger partial charge in [-0.05, 0) is 31.2 Å². The summed E-state index contributed by atoms with van der Waals surface area (Å²) in [5, 5.41) is 13.9. The average Bonchev–Trinajstić information content (AvgIpc) is 2.62. The Labute approximate surface area is 164 Å². The number of nitro benzene ring substituents is 1.